The van der Waals surface area contributed by atoms with E-state index in [0.717, 1.165) is 43.1 Å². The summed E-state index contributed by atoms with van der Waals surface area (Å²) in [5, 5.41) is 0. The molecule has 2 heterocycles. The fourth-order valence-corrected chi connectivity index (χ4v) is 4.29. The summed E-state index contributed by atoms with van der Waals surface area (Å²) >= 11 is 0. The number of anilines is 2. The second-order valence-electron chi connectivity index (χ2n) is 8.03. The molecule has 0 N–H and O–H groups in total. The Morgan fingerprint density at radius 1 is 0.781 bits per heavy atom. The number of fused-ring (bicyclic) bond motifs is 1. The molecule has 0 unspecified atom stereocenters. The Morgan fingerprint density at radius 2 is 1.44 bits per heavy atom. The monoisotopic (exact) mass is 424 g/mol. The lowest BCUT2D eigenvalue weighted by Gasteiger charge is -2.30. The number of carbonyl (C=O) groups excluding carboxylic acids is 2. The maximum absolute atomic E-state index is 13.6. The van der Waals surface area contributed by atoms with E-state index in [4.69, 9.17) is 4.74 Å². The standard InChI is InChI=1S/C27H24N2O3/c1-19-6-2-5-9-25(19)29-26(30)23-8-4-3-7-22(23)24(27(29)31)18-20-10-12-21(13-11-20)28-14-16-32-17-15-28/h2-13,18H,14-17H2,1H3/b24-18-. The molecule has 1 fully saturated rings. The van der Waals surface area contributed by atoms with Crippen molar-refractivity contribution in [1.82, 2.24) is 0 Å². The number of hydrogen-bond acceptors (Lipinski definition) is 4. The SMILES string of the molecule is Cc1ccccc1N1C(=O)/C(=C\c2ccc(N3CCOCC3)cc2)c2ccccc2C1=O. The lowest BCUT2D eigenvalue weighted by molar-refractivity contribution is -0.112. The normalized spacial score (nSPS) is 17.6. The molecule has 2 aliphatic heterocycles. The van der Waals surface area contributed by atoms with Gasteiger partial charge in [0.05, 0.1) is 18.9 Å². The number of para-hydroxylation sites is 1. The van der Waals surface area contributed by atoms with Gasteiger partial charge in [-0.3, -0.25) is 9.59 Å². The molecule has 160 valence electrons. The molecule has 1 saturated heterocycles. The van der Waals surface area contributed by atoms with Crippen LogP contribution in [0.2, 0.25) is 0 Å². The van der Waals surface area contributed by atoms with Gasteiger partial charge in [0, 0.05) is 29.9 Å². The average molecular weight is 425 g/mol. The third-order valence-corrected chi connectivity index (χ3v) is 6.02. The predicted molar refractivity (Wildman–Crippen MR) is 127 cm³/mol. The summed E-state index contributed by atoms with van der Waals surface area (Å²) < 4.78 is 5.43. The van der Waals surface area contributed by atoms with Crippen LogP contribution in [0.3, 0.4) is 0 Å². The Kier molecular flexibility index (Phi) is 5.33. The molecule has 0 bridgehead atoms. The van der Waals surface area contributed by atoms with Crippen LogP contribution < -0.4 is 9.80 Å². The van der Waals surface area contributed by atoms with E-state index in [1.54, 1.807) is 6.07 Å². The lowest BCUT2D eigenvalue weighted by atomic mass is 9.91. The van der Waals surface area contributed by atoms with E-state index in [1.165, 1.54) is 4.90 Å². The van der Waals surface area contributed by atoms with Gasteiger partial charge in [0.2, 0.25) is 0 Å². The largest absolute Gasteiger partial charge is 0.378 e. The number of carbonyl (C=O) groups is 2. The number of nitrogens with zero attached hydrogens (tertiary/aromatic N) is 2. The van der Waals surface area contributed by atoms with Crippen LogP contribution >= 0.6 is 0 Å². The van der Waals surface area contributed by atoms with Crippen molar-refractivity contribution in [3.05, 3.63) is 95.1 Å². The van der Waals surface area contributed by atoms with Gasteiger partial charge in [0.15, 0.2) is 0 Å². The summed E-state index contributed by atoms with van der Waals surface area (Å²) in [6.07, 6.45) is 1.88. The molecule has 0 aromatic heterocycles. The lowest BCUT2D eigenvalue weighted by Crippen LogP contribution is -2.42. The molecule has 3 aromatic rings. The van der Waals surface area contributed by atoms with Crippen molar-refractivity contribution in [2.24, 2.45) is 0 Å². The summed E-state index contributed by atoms with van der Waals surface area (Å²) in [6.45, 7) is 5.13. The third kappa shape index (κ3) is 3.61. The molecule has 2 amide bonds. The highest BCUT2D eigenvalue weighted by molar-refractivity contribution is 6.43. The Bertz CT molecular complexity index is 1210. The minimum atomic E-state index is -0.305. The van der Waals surface area contributed by atoms with Crippen LogP contribution in [0.15, 0.2) is 72.8 Å². The number of imide groups is 1. The average Bonchev–Trinajstić information content (AvgIpc) is 2.84. The zero-order valence-electron chi connectivity index (χ0n) is 18.0. The van der Waals surface area contributed by atoms with Crippen molar-refractivity contribution in [2.45, 2.75) is 6.92 Å². The molecule has 0 spiro atoms. The van der Waals surface area contributed by atoms with E-state index < -0.39 is 0 Å². The molecule has 2 aliphatic rings. The van der Waals surface area contributed by atoms with Crippen molar-refractivity contribution in [2.75, 3.05) is 36.1 Å². The quantitative estimate of drug-likeness (QED) is 0.457. The topological polar surface area (TPSA) is 49.9 Å². The molecule has 3 aromatic carbocycles. The van der Waals surface area contributed by atoms with Gasteiger partial charge in [-0.15, -0.1) is 0 Å². The van der Waals surface area contributed by atoms with Crippen LogP contribution in [0.25, 0.3) is 11.6 Å². The van der Waals surface area contributed by atoms with E-state index in [9.17, 15) is 9.59 Å². The number of ether oxygens (including phenoxy) is 1. The Labute approximate surface area is 187 Å². The third-order valence-electron chi connectivity index (χ3n) is 6.02. The highest BCUT2D eigenvalue weighted by Crippen LogP contribution is 2.34. The maximum Gasteiger partial charge on any atom is 0.265 e. The highest BCUT2D eigenvalue weighted by Gasteiger charge is 2.36. The number of amides is 2. The van der Waals surface area contributed by atoms with E-state index in [-0.39, 0.29) is 11.8 Å². The van der Waals surface area contributed by atoms with E-state index in [1.807, 2.05) is 67.6 Å². The fraction of sp³-hybridized carbons (Fsp3) is 0.185. The molecule has 0 atom stereocenters. The molecular weight excluding hydrogens is 400 g/mol. The molecule has 0 saturated carbocycles. The van der Waals surface area contributed by atoms with Crippen LogP contribution in [0.4, 0.5) is 11.4 Å². The minimum absolute atomic E-state index is 0.292. The van der Waals surface area contributed by atoms with Gasteiger partial charge >= 0.3 is 0 Å². The van der Waals surface area contributed by atoms with Crippen LogP contribution in [0.1, 0.15) is 27.0 Å². The van der Waals surface area contributed by atoms with Crippen LogP contribution in [0, 0.1) is 6.92 Å². The smallest absolute Gasteiger partial charge is 0.265 e. The van der Waals surface area contributed by atoms with Gasteiger partial charge in [-0.1, -0.05) is 48.5 Å². The molecular formula is C27H24N2O3. The first-order valence-electron chi connectivity index (χ1n) is 10.8. The van der Waals surface area contributed by atoms with E-state index in [0.29, 0.717) is 22.4 Å². The summed E-state index contributed by atoms with van der Waals surface area (Å²) in [6, 6.07) is 23.0. The molecule has 5 nitrogen and oxygen atoms in total. The number of rotatable bonds is 3. The number of benzene rings is 3. The second-order valence-corrected chi connectivity index (χ2v) is 8.03. The van der Waals surface area contributed by atoms with Gasteiger partial charge in [0.25, 0.3) is 11.8 Å². The summed E-state index contributed by atoms with van der Waals surface area (Å²) in [4.78, 5) is 30.4. The Balaban J connectivity index is 1.55. The molecule has 5 rings (SSSR count). The predicted octanol–water partition coefficient (Wildman–Crippen LogP) is 4.56. The van der Waals surface area contributed by atoms with Gasteiger partial charge in [-0.05, 0) is 54.0 Å². The van der Waals surface area contributed by atoms with Crippen LogP contribution in [0.5, 0.6) is 0 Å². The Hall–Kier alpha value is -3.70. The van der Waals surface area contributed by atoms with Crippen molar-refractivity contribution >= 4 is 34.8 Å². The number of aryl methyl sites for hydroxylation is 1. The van der Waals surface area contributed by atoms with Crippen LogP contribution in [-0.2, 0) is 9.53 Å². The molecule has 0 radical (unpaired) electrons. The first-order chi connectivity index (χ1) is 15.6. The first kappa shape index (κ1) is 20.2. The first-order valence-corrected chi connectivity index (χ1v) is 10.8. The summed E-state index contributed by atoms with van der Waals surface area (Å²) in [5.74, 6) is -0.597. The molecule has 32 heavy (non-hydrogen) atoms. The zero-order valence-corrected chi connectivity index (χ0v) is 18.0. The van der Waals surface area contributed by atoms with Crippen LogP contribution in [-0.4, -0.2) is 38.1 Å². The highest BCUT2D eigenvalue weighted by atomic mass is 16.5. The Morgan fingerprint density at radius 3 is 2.16 bits per heavy atom. The molecule has 0 aliphatic carbocycles. The van der Waals surface area contributed by atoms with Gasteiger partial charge in [-0.25, -0.2) is 4.90 Å². The van der Waals surface area contributed by atoms with Crippen molar-refractivity contribution in [3.63, 3.8) is 0 Å². The van der Waals surface area contributed by atoms with Crippen molar-refractivity contribution in [3.8, 4) is 0 Å². The second kappa shape index (κ2) is 8.44. The van der Waals surface area contributed by atoms with E-state index >= 15 is 0 Å². The fourth-order valence-electron chi connectivity index (χ4n) is 4.29. The molecule has 5 heteroatoms. The van der Waals surface area contributed by atoms with Crippen molar-refractivity contribution in [1.29, 1.82) is 0 Å². The van der Waals surface area contributed by atoms with Gasteiger partial charge < -0.3 is 9.64 Å². The maximum atomic E-state index is 13.6. The summed E-state index contributed by atoms with van der Waals surface area (Å²) in [7, 11) is 0. The van der Waals surface area contributed by atoms with Crippen molar-refractivity contribution < 1.29 is 14.3 Å². The zero-order chi connectivity index (χ0) is 22.1. The number of hydrogen-bond donors (Lipinski definition) is 0. The summed E-state index contributed by atoms with van der Waals surface area (Å²) in [5.41, 5.74) is 5.27. The number of morpholine rings is 1. The van der Waals surface area contributed by atoms with E-state index in [2.05, 4.69) is 17.0 Å². The van der Waals surface area contributed by atoms with Gasteiger partial charge in [-0.2, -0.15) is 0 Å². The minimum Gasteiger partial charge on any atom is -0.378 e. The van der Waals surface area contributed by atoms with Gasteiger partial charge in [0.1, 0.15) is 0 Å².